The van der Waals surface area contributed by atoms with E-state index in [1.165, 1.54) is 6.92 Å². The Morgan fingerprint density at radius 3 is 2.52 bits per heavy atom. The van der Waals surface area contributed by atoms with Crippen LogP contribution in [0.25, 0.3) is 0 Å². The van der Waals surface area contributed by atoms with Crippen molar-refractivity contribution < 1.29 is 19.5 Å². The number of hydrogen-bond acceptors (Lipinski definition) is 4. The van der Waals surface area contributed by atoms with E-state index < -0.39 is 17.4 Å². The molecule has 0 radical (unpaired) electrons. The van der Waals surface area contributed by atoms with Crippen LogP contribution in [0, 0.1) is 11.3 Å². The van der Waals surface area contributed by atoms with Crippen molar-refractivity contribution in [2.24, 2.45) is 11.3 Å². The van der Waals surface area contributed by atoms with Gasteiger partial charge in [0.1, 0.15) is 0 Å². The fourth-order valence-electron chi connectivity index (χ4n) is 4.17. The van der Waals surface area contributed by atoms with E-state index in [0.717, 1.165) is 12.8 Å². The standard InChI is InChI=1S/C19H24N2O4/c1-12(17(23)20-16-7-5-14(6-8-16)13(2)22)21-10-15-4-3-9-19(15,11-21)18(24)25/h5-8,12,15H,3-4,9-11H2,1-2H3,(H,20,23)(H,24,25)/t12?,15-,19+/m0/s1. The number of carboxylic acids is 1. The van der Waals surface area contributed by atoms with Crippen LogP contribution in [0.5, 0.6) is 0 Å². The zero-order valence-corrected chi connectivity index (χ0v) is 14.6. The highest BCUT2D eigenvalue weighted by Crippen LogP contribution is 2.49. The maximum Gasteiger partial charge on any atom is 0.311 e. The van der Waals surface area contributed by atoms with Gasteiger partial charge < -0.3 is 10.4 Å². The highest BCUT2D eigenvalue weighted by atomic mass is 16.4. The smallest absolute Gasteiger partial charge is 0.311 e. The Bertz CT molecular complexity index is 700. The van der Waals surface area contributed by atoms with Crippen LogP contribution in [-0.4, -0.2) is 46.8 Å². The van der Waals surface area contributed by atoms with Crippen molar-refractivity contribution in [1.29, 1.82) is 0 Å². The van der Waals surface area contributed by atoms with E-state index in [0.29, 0.717) is 30.8 Å². The van der Waals surface area contributed by atoms with Crippen LogP contribution in [0.15, 0.2) is 24.3 Å². The van der Waals surface area contributed by atoms with Gasteiger partial charge in [0, 0.05) is 24.3 Å². The molecule has 2 N–H and O–H groups in total. The second-order valence-electron chi connectivity index (χ2n) is 7.28. The summed E-state index contributed by atoms with van der Waals surface area (Å²) in [5.41, 5.74) is 0.550. The van der Waals surface area contributed by atoms with Crippen molar-refractivity contribution in [3.05, 3.63) is 29.8 Å². The van der Waals surface area contributed by atoms with Crippen LogP contribution in [0.1, 0.15) is 43.5 Å². The maximum atomic E-state index is 12.5. The van der Waals surface area contributed by atoms with Gasteiger partial charge in [0.15, 0.2) is 5.78 Å². The van der Waals surface area contributed by atoms with Crippen LogP contribution in [0.2, 0.25) is 0 Å². The van der Waals surface area contributed by atoms with E-state index in [9.17, 15) is 19.5 Å². The predicted octanol–water partition coefficient (Wildman–Crippen LogP) is 2.40. The third kappa shape index (κ3) is 3.18. The third-order valence-corrected chi connectivity index (χ3v) is 5.81. The minimum atomic E-state index is -0.732. The summed E-state index contributed by atoms with van der Waals surface area (Å²) in [5, 5.41) is 12.5. The van der Waals surface area contributed by atoms with Crippen molar-refractivity contribution in [1.82, 2.24) is 4.90 Å². The van der Waals surface area contributed by atoms with Crippen LogP contribution in [0.3, 0.4) is 0 Å². The van der Waals surface area contributed by atoms with Crippen LogP contribution < -0.4 is 5.32 Å². The lowest BCUT2D eigenvalue weighted by molar-refractivity contribution is -0.149. The Morgan fingerprint density at radius 2 is 1.96 bits per heavy atom. The van der Waals surface area contributed by atoms with E-state index in [4.69, 9.17) is 0 Å². The van der Waals surface area contributed by atoms with Gasteiger partial charge in [-0.3, -0.25) is 19.3 Å². The number of rotatable bonds is 5. The van der Waals surface area contributed by atoms with E-state index in [-0.39, 0.29) is 17.6 Å². The number of benzene rings is 1. The minimum Gasteiger partial charge on any atom is -0.481 e. The number of carboxylic acid groups (broad SMARTS) is 1. The molecule has 3 atom stereocenters. The van der Waals surface area contributed by atoms with Gasteiger partial charge in [0.05, 0.1) is 11.5 Å². The first kappa shape index (κ1) is 17.6. The summed E-state index contributed by atoms with van der Waals surface area (Å²) in [5.74, 6) is -0.773. The highest BCUT2D eigenvalue weighted by Gasteiger charge is 2.55. The summed E-state index contributed by atoms with van der Waals surface area (Å²) in [4.78, 5) is 37.6. The Labute approximate surface area is 147 Å². The average molecular weight is 344 g/mol. The number of carbonyl (C=O) groups excluding carboxylic acids is 2. The number of ketones is 1. The van der Waals surface area contributed by atoms with Gasteiger partial charge in [-0.15, -0.1) is 0 Å². The van der Waals surface area contributed by atoms with Gasteiger partial charge in [0.2, 0.25) is 5.91 Å². The van der Waals surface area contributed by atoms with E-state index >= 15 is 0 Å². The molecule has 0 bridgehead atoms. The summed E-state index contributed by atoms with van der Waals surface area (Å²) in [6.45, 7) is 4.41. The van der Waals surface area contributed by atoms with Gasteiger partial charge >= 0.3 is 5.97 Å². The number of anilines is 1. The van der Waals surface area contributed by atoms with E-state index in [1.54, 1.807) is 24.3 Å². The monoisotopic (exact) mass is 344 g/mol. The quantitative estimate of drug-likeness (QED) is 0.801. The first-order valence-electron chi connectivity index (χ1n) is 8.73. The molecule has 1 aromatic rings. The topological polar surface area (TPSA) is 86.7 Å². The SMILES string of the molecule is CC(=O)c1ccc(NC(=O)C(C)N2C[C@@H]3CCC[C@@]3(C(=O)O)C2)cc1. The molecule has 2 fully saturated rings. The van der Waals surface area contributed by atoms with Gasteiger partial charge in [-0.25, -0.2) is 0 Å². The first-order chi connectivity index (χ1) is 11.8. The lowest BCUT2D eigenvalue weighted by Gasteiger charge is -2.26. The van der Waals surface area contributed by atoms with Gasteiger partial charge in [-0.05, 0) is 56.9 Å². The maximum absolute atomic E-state index is 12.5. The molecule has 6 heteroatoms. The van der Waals surface area contributed by atoms with Crippen molar-refractivity contribution >= 4 is 23.3 Å². The molecule has 1 amide bonds. The number of amides is 1. The van der Waals surface area contributed by atoms with Crippen LogP contribution >= 0.6 is 0 Å². The fraction of sp³-hybridized carbons (Fsp3) is 0.526. The lowest BCUT2D eigenvalue weighted by atomic mass is 9.81. The first-order valence-corrected chi connectivity index (χ1v) is 8.73. The molecular formula is C19H24N2O4. The Morgan fingerprint density at radius 1 is 1.28 bits per heavy atom. The predicted molar refractivity (Wildman–Crippen MR) is 93.5 cm³/mol. The lowest BCUT2D eigenvalue weighted by Crippen LogP contribution is -2.43. The summed E-state index contributed by atoms with van der Waals surface area (Å²) in [6.07, 6.45) is 2.57. The Kier molecular flexibility index (Phi) is 4.64. The molecule has 0 aromatic heterocycles. The average Bonchev–Trinajstić information content (AvgIpc) is 3.12. The molecule has 25 heavy (non-hydrogen) atoms. The zero-order valence-electron chi connectivity index (χ0n) is 14.6. The van der Waals surface area contributed by atoms with Crippen LogP contribution in [0.4, 0.5) is 5.69 Å². The fourth-order valence-corrected chi connectivity index (χ4v) is 4.17. The minimum absolute atomic E-state index is 0.0196. The van der Waals surface area contributed by atoms with Gasteiger partial charge in [0.25, 0.3) is 0 Å². The summed E-state index contributed by atoms with van der Waals surface area (Å²) >= 11 is 0. The molecule has 0 spiro atoms. The molecule has 1 unspecified atom stereocenters. The molecule has 134 valence electrons. The van der Waals surface area contributed by atoms with E-state index in [1.807, 2.05) is 11.8 Å². The number of nitrogens with zero attached hydrogens (tertiary/aromatic N) is 1. The molecule has 1 heterocycles. The number of fused-ring (bicyclic) bond motifs is 1. The zero-order chi connectivity index (χ0) is 18.2. The normalized spacial score (nSPS) is 26.9. The van der Waals surface area contributed by atoms with Crippen LogP contribution in [-0.2, 0) is 9.59 Å². The summed E-state index contributed by atoms with van der Waals surface area (Å²) < 4.78 is 0. The number of carbonyl (C=O) groups is 3. The third-order valence-electron chi connectivity index (χ3n) is 5.81. The summed E-state index contributed by atoms with van der Waals surface area (Å²) in [6, 6.07) is 6.39. The van der Waals surface area contributed by atoms with Crippen molar-refractivity contribution in [2.75, 3.05) is 18.4 Å². The number of aliphatic carboxylic acids is 1. The highest BCUT2D eigenvalue weighted by molar-refractivity contribution is 5.97. The van der Waals surface area contributed by atoms with Crippen molar-refractivity contribution in [2.45, 2.75) is 39.2 Å². The second kappa shape index (κ2) is 6.59. The molecule has 1 aromatic carbocycles. The number of hydrogen-bond donors (Lipinski definition) is 2. The van der Waals surface area contributed by atoms with Crippen molar-refractivity contribution in [3.63, 3.8) is 0 Å². The molecule has 2 aliphatic rings. The number of nitrogens with one attached hydrogen (secondary N) is 1. The summed E-state index contributed by atoms with van der Waals surface area (Å²) in [7, 11) is 0. The number of Topliss-reactive ketones (excluding diaryl/α,β-unsaturated/α-hetero) is 1. The Hall–Kier alpha value is -2.21. The molecule has 6 nitrogen and oxygen atoms in total. The van der Waals surface area contributed by atoms with Crippen molar-refractivity contribution in [3.8, 4) is 0 Å². The Balaban J connectivity index is 1.65. The van der Waals surface area contributed by atoms with Gasteiger partial charge in [-0.2, -0.15) is 0 Å². The molecule has 1 aliphatic heterocycles. The number of likely N-dealkylation sites (tertiary alicyclic amines) is 1. The second-order valence-corrected chi connectivity index (χ2v) is 7.28. The van der Waals surface area contributed by atoms with Gasteiger partial charge in [-0.1, -0.05) is 6.42 Å². The molecule has 1 aliphatic carbocycles. The molecule has 3 rings (SSSR count). The molecular weight excluding hydrogens is 320 g/mol. The van der Waals surface area contributed by atoms with E-state index in [2.05, 4.69) is 5.32 Å². The molecule has 1 saturated carbocycles. The largest absolute Gasteiger partial charge is 0.481 e. The molecule has 1 saturated heterocycles.